The predicted molar refractivity (Wildman–Crippen MR) is 74.7 cm³/mol. The van der Waals surface area contributed by atoms with E-state index in [1.165, 1.54) is 13.2 Å². The molecule has 1 aromatic heterocycles. The average Bonchev–Trinajstić information content (AvgIpc) is 2.40. The van der Waals surface area contributed by atoms with E-state index in [2.05, 4.69) is 4.98 Å². The number of methoxy groups -OCH3 is 1. The molecule has 0 unspecified atom stereocenters. The van der Waals surface area contributed by atoms with Gasteiger partial charge in [0, 0.05) is 23.4 Å². The molecular formula is C16H16FNO2. The Bertz CT molecular complexity index is 633. The van der Waals surface area contributed by atoms with E-state index in [4.69, 9.17) is 4.74 Å². The van der Waals surface area contributed by atoms with E-state index in [0.717, 1.165) is 11.4 Å². The largest absolute Gasteiger partial charge is 0.494 e. The molecule has 0 saturated heterocycles. The van der Waals surface area contributed by atoms with Crippen molar-refractivity contribution in [2.24, 2.45) is 0 Å². The second-order valence-corrected chi connectivity index (χ2v) is 4.67. The molecule has 2 rings (SSSR count). The molecule has 3 nitrogen and oxygen atoms in total. The molecule has 4 heteroatoms. The van der Waals surface area contributed by atoms with E-state index < -0.39 is 5.82 Å². The van der Waals surface area contributed by atoms with Crippen molar-refractivity contribution in [2.75, 3.05) is 7.11 Å². The summed E-state index contributed by atoms with van der Waals surface area (Å²) in [4.78, 5) is 16.5. The van der Waals surface area contributed by atoms with Gasteiger partial charge in [-0.3, -0.25) is 9.78 Å². The Kier molecular flexibility index (Phi) is 4.13. The van der Waals surface area contributed by atoms with E-state index in [1.54, 1.807) is 24.3 Å². The van der Waals surface area contributed by atoms with Gasteiger partial charge in [-0.15, -0.1) is 0 Å². The standard InChI is InChI=1S/C16H16FNO2/c1-10-7-13(8-11(2)18-10)14(19)9-12-5-4-6-15(20-3)16(12)17/h4-8H,9H2,1-3H3. The van der Waals surface area contributed by atoms with Crippen LogP contribution in [0.2, 0.25) is 0 Å². The van der Waals surface area contributed by atoms with E-state index >= 15 is 0 Å². The van der Waals surface area contributed by atoms with Crippen LogP contribution < -0.4 is 4.74 Å². The van der Waals surface area contributed by atoms with Crippen LogP contribution in [0.15, 0.2) is 30.3 Å². The number of pyridine rings is 1. The van der Waals surface area contributed by atoms with Crippen LogP contribution in [0.5, 0.6) is 5.75 Å². The van der Waals surface area contributed by atoms with Gasteiger partial charge in [0.15, 0.2) is 17.3 Å². The third kappa shape index (κ3) is 3.02. The summed E-state index contributed by atoms with van der Waals surface area (Å²) in [5, 5.41) is 0. The zero-order valence-electron chi connectivity index (χ0n) is 11.7. The van der Waals surface area contributed by atoms with Gasteiger partial charge in [-0.2, -0.15) is 0 Å². The number of hydrogen-bond acceptors (Lipinski definition) is 3. The number of ether oxygens (including phenoxy) is 1. The summed E-state index contributed by atoms with van der Waals surface area (Å²) < 4.78 is 18.9. The number of carbonyl (C=O) groups is 1. The van der Waals surface area contributed by atoms with Crippen LogP contribution in [0.4, 0.5) is 4.39 Å². The first-order valence-electron chi connectivity index (χ1n) is 6.31. The molecule has 20 heavy (non-hydrogen) atoms. The molecule has 0 fully saturated rings. The lowest BCUT2D eigenvalue weighted by atomic mass is 10.0. The molecule has 0 spiro atoms. The normalized spacial score (nSPS) is 10.4. The van der Waals surface area contributed by atoms with Crippen molar-refractivity contribution in [3.05, 3.63) is 58.7 Å². The number of Topliss-reactive ketones (excluding diaryl/α,β-unsaturated/α-hetero) is 1. The number of nitrogens with zero attached hydrogens (tertiary/aromatic N) is 1. The van der Waals surface area contributed by atoms with Gasteiger partial charge in [0.2, 0.25) is 0 Å². The molecule has 0 amide bonds. The fourth-order valence-corrected chi connectivity index (χ4v) is 2.12. The maximum Gasteiger partial charge on any atom is 0.168 e. The van der Waals surface area contributed by atoms with Crippen molar-refractivity contribution in [2.45, 2.75) is 20.3 Å². The number of carbonyl (C=O) groups excluding carboxylic acids is 1. The summed E-state index contributed by atoms with van der Waals surface area (Å²) >= 11 is 0. The van der Waals surface area contributed by atoms with Crippen LogP contribution in [-0.2, 0) is 6.42 Å². The smallest absolute Gasteiger partial charge is 0.168 e. The van der Waals surface area contributed by atoms with Crippen LogP contribution >= 0.6 is 0 Å². The highest BCUT2D eigenvalue weighted by Crippen LogP contribution is 2.21. The molecule has 1 heterocycles. The molecule has 0 radical (unpaired) electrons. The third-order valence-electron chi connectivity index (χ3n) is 3.02. The van der Waals surface area contributed by atoms with Crippen LogP contribution in [0.1, 0.15) is 27.3 Å². The van der Waals surface area contributed by atoms with E-state index in [0.29, 0.717) is 11.1 Å². The summed E-state index contributed by atoms with van der Waals surface area (Å²) in [6.07, 6.45) is 0.00588. The SMILES string of the molecule is COc1cccc(CC(=O)c2cc(C)nc(C)c2)c1F. The Morgan fingerprint density at radius 3 is 2.50 bits per heavy atom. The zero-order valence-corrected chi connectivity index (χ0v) is 11.7. The monoisotopic (exact) mass is 273 g/mol. The van der Waals surface area contributed by atoms with Gasteiger partial charge in [-0.05, 0) is 37.6 Å². The molecule has 0 bridgehead atoms. The lowest BCUT2D eigenvalue weighted by Gasteiger charge is -2.07. The van der Waals surface area contributed by atoms with Crippen molar-refractivity contribution < 1.29 is 13.9 Å². The highest BCUT2D eigenvalue weighted by molar-refractivity contribution is 5.97. The van der Waals surface area contributed by atoms with E-state index in [9.17, 15) is 9.18 Å². The first kappa shape index (κ1) is 14.2. The molecule has 104 valence electrons. The number of ketones is 1. The molecule has 1 aromatic carbocycles. The van der Waals surface area contributed by atoms with Crippen LogP contribution in [-0.4, -0.2) is 17.9 Å². The number of rotatable bonds is 4. The first-order valence-corrected chi connectivity index (χ1v) is 6.31. The summed E-state index contributed by atoms with van der Waals surface area (Å²) in [6, 6.07) is 8.23. The molecule has 2 aromatic rings. The highest BCUT2D eigenvalue weighted by Gasteiger charge is 2.14. The number of aromatic nitrogens is 1. The van der Waals surface area contributed by atoms with Gasteiger partial charge in [-0.1, -0.05) is 12.1 Å². The third-order valence-corrected chi connectivity index (χ3v) is 3.02. The van der Waals surface area contributed by atoms with Gasteiger partial charge in [-0.25, -0.2) is 4.39 Å². The number of aryl methyl sites for hydroxylation is 2. The van der Waals surface area contributed by atoms with Crippen LogP contribution in [0.25, 0.3) is 0 Å². The van der Waals surface area contributed by atoms with Gasteiger partial charge >= 0.3 is 0 Å². The number of benzene rings is 1. The zero-order chi connectivity index (χ0) is 14.7. The second-order valence-electron chi connectivity index (χ2n) is 4.67. The maximum atomic E-state index is 14.0. The molecule has 0 aliphatic rings. The summed E-state index contributed by atoms with van der Waals surface area (Å²) in [7, 11) is 1.40. The summed E-state index contributed by atoms with van der Waals surface area (Å²) in [5.74, 6) is -0.464. The molecule has 0 saturated carbocycles. The van der Waals surface area contributed by atoms with Crippen molar-refractivity contribution in [1.82, 2.24) is 4.98 Å². The molecule has 0 aliphatic carbocycles. The first-order chi connectivity index (χ1) is 9.51. The minimum Gasteiger partial charge on any atom is -0.494 e. The van der Waals surface area contributed by atoms with E-state index in [-0.39, 0.29) is 18.0 Å². The van der Waals surface area contributed by atoms with Crippen molar-refractivity contribution >= 4 is 5.78 Å². The minimum absolute atomic E-state index is 0.00588. The van der Waals surface area contributed by atoms with Crippen molar-refractivity contribution in [3.8, 4) is 5.75 Å². The van der Waals surface area contributed by atoms with Crippen LogP contribution in [0, 0.1) is 19.7 Å². The Morgan fingerprint density at radius 1 is 1.25 bits per heavy atom. The van der Waals surface area contributed by atoms with Gasteiger partial charge < -0.3 is 4.74 Å². The number of halogens is 1. The predicted octanol–water partition coefficient (Wildman–Crippen LogP) is 3.27. The Balaban J connectivity index is 2.28. The lowest BCUT2D eigenvalue weighted by Crippen LogP contribution is -2.07. The second kappa shape index (κ2) is 5.82. The molecular weight excluding hydrogens is 257 g/mol. The van der Waals surface area contributed by atoms with Gasteiger partial charge in [0.25, 0.3) is 0 Å². The fraction of sp³-hybridized carbons (Fsp3) is 0.250. The van der Waals surface area contributed by atoms with E-state index in [1.807, 2.05) is 13.8 Å². The summed E-state index contributed by atoms with van der Waals surface area (Å²) in [6.45, 7) is 3.66. The van der Waals surface area contributed by atoms with Crippen LogP contribution in [0.3, 0.4) is 0 Å². The Hall–Kier alpha value is -2.23. The van der Waals surface area contributed by atoms with Gasteiger partial charge in [0.1, 0.15) is 0 Å². The molecule has 0 N–H and O–H groups in total. The average molecular weight is 273 g/mol. The van der Waals surface area contributed by atoms with Gasteiger partial charge in [0.05, 0.1) is 7.11 Å². The Labute approximate surface area is 117 Å². The quantitative estimate of drug-likeness (QED) is 0.802. The maximum absolute atomic E-state index is 14.0. The fourth-order valence-electron chi connectivity index (χ4n) is 2.12. The molecule has 0 aliphatic heterocycles. The molecule has 0 atom stereocenters. The topological polar surface area (TPSA) is 39.2 Å². The number of hydrogen-bond donors (Lipinski definition) is 0. The Morgan fingerprint density at radius 2 is 1.90 bits per heavy atom. The lowest BCUT2D eigenvalue weighted by molar-refractivity contribution is 0.0991. The van der Waals surface area contributed by atoms with Crippen molar-refractivity contribution in [1.29, 1.82) is 0 Å². The highest BCUT2D eigenvalue weighted by atomic mass is 19.1. The minimum atomic E-state index is -0.481. The summed E-state index contributed by atoms with van der Waals surface area (Å²) in [5.41, 5.74) is 2.44. The van der Waals surface area contributed by atoms with Crippen molar-refractivity contribution in [3.63, 3.8) is 0 Å².